The quantitative estimate of drug-likeness (QED) is 0.0232. The molecule has 0 aromatic heterocycles. The van der Waals surface area contributed by atoms with Crippen LogP contribution in [0, 0.1) is 0 Å². The smallest absolute Gasteiger partial charge is 0.249 e. The van der Waals surface area contributed by atoms with Crippen molar-refractivity contribution in [2.75, 3.05) is 13.2 Å². The van der Waals surface area contributed by atoms with Gasteiger partial charge in [0.1, 0.15) is 30.5 Å². The third kappa shape index (κ3) is 46.7. The van der Waals surface area contributed by atoms with Crippen molar-refractivity contribution in [3.8, 4) is 0 Å². The Kier molecular flexibility index (Phi) is 55.9. The highest BCUT2D eigenvalue weighted by Crippen LogP contribution is 2.23. The zero-order valence-electron chi connectivity index (χ0n) is 52.0. The molecule has 0 bridgehead atoms. The molecule has 1 aliphatic heterocycles. The molecule has 0 aliphatic carbocycles. The second-order valence-corrected chi connectivity index (χ2v) is 24.5. The van der Waals surface area contributed by atoms with Crippen molar-refractivity contribution in [1.29, 1.82) is 0 Å². The second kappa shape index (κ2) is 58.4. The zero-order valence-corrected chi connectivity index (χ0v) is 52.0. The number of carbonyl (C=O) groups is 1. The number of hydrogen-bond donors (Lipinski definition) is 7. The van der Waals surface area contributed by atoms with Gasteiger partial charge in [0.2, 0.25) is 5.91 Å². The molecule has 0 aromatic rings. The summed E-state index contributed by atoms with van der Waals surface area (Å²) >= 11 is 0. The molecule has 1 amide bonds. The van der Waals surface area contributed by atoms with E-state index >= 15 is 0 Å². The number of ether oxygens (including phenoxy) is 2. The third-order valence-corrected chi connectivity index (χ3v) is 16.9. The average Bonchev–Trinajstić information content (AvgIpc) is 3.45. The van der Waals surface area contributed by atoms with Crippen LogP contribution in [0.1, 0.15) is 348 Å². The first-order chi connectivity index (χ1) is 38.8. The van der Waals surface area contributed by atoms with E-state index in [2.05, 4.69) is 31.3 Å². The normalized spacial score (nSPS) is 19.0. The molecule has 1 aliphatic rings. The number of nitrogens with one attached hydrogen (secondary N) is 1. The third-order valence-electron chi connectivity index (χ3n) is 16.9. The van der Waals surface area contributed by atoms with E-state index in [1.165, 1.54) is 283 Å². The Bertz CT molecular complexity index is 1310. The molecule has 0 aromatic carbocycles. The lowest BCUT2D eigenvalue weighted by Crippen LogP contribution is -2.60. The number of carbonyl (C=O) groups excluding carboxylic acids is 1. The van der Waals surface area contributed by atoms with Gasteiger partial charge in [0.25, 0.3) is 0 Å². The summed E-state index contributed by atoms with van der Waals surface area (Å²) < 4.78 is 11.2. The van der Waals surface area contributed by atoms with Crippen LogP contribution in [-0.2, 0) is 14.3 Å². The molecule has 10 nitrogen and oxygen atoms in total. The number of aliphatic hydroxyl groups excluding tert-OH is 6. The van der Waals surface area contributed by atoms with Crippen LogP contribution >= 0.6 is 0 Å². The van der Waals surface area contributed by atoms with Crippen LogP contribution < -0.4 is 5.32 Å². The standard InChI is InChI=1S/C69H133NO9/c1-3-5-7-9-11-13-15-17-19-21-22-23-24-25-26-27-28-29-30-31-32-33-34-35-36-37-38-39-40-41-42-44-46-48-50-52-54-56-58-63(73)68(77)70-61(60-78-69-67(76)66(75)65(74)64(59-71)79-69)62(72)57-55-53-51-49-47-45-43-20-18-16-14-12-10-8-6-4-2/h31-32,55,57,61-67,69,71-76H,3-30,33-54,56,58-60H2,1-2H3,(H,70,77)/b32-31-,57-55+. The van der Waals surface area contributed by atoms with Crippen molar-refractivity contribution in [2.45, 2.75) is 397 Å². The lowest BCUT2D eigenvalue weighted by molar-refractivity contribution is -0.302. The van der Waals surface area contributed by atoms with Crippen molar-refractivity contribution >= 4 is 5.91 Å². The summed E-state index contributed by atoms with van der Waals surface area (Å²) in [6, 6.07) is -0.979. The molecule has 10 heteroatoms. The number of aliphatic hydroxyl groups is 6. The highest BCUT2D eigenvalue weighted by atomic mass is 16.7. The maximum Gasteiger partial charge on any atom is 0.249 e. The van der Waals surface area contributed by atoms with Gasteiger partial charge in [-0.3, -0.25) is 4.79 Å². The van der Waals surface area contributed by atoms with E-state index in [4.69, 9.17) is 9.47 Å². The average molecular weight is 1120 g/mol. The maximum absolute atomic E-state index is 13.2. The van der Waals surface area contributed by atoms with Crippen LogP contribution in [0.3, 0.4) is 0 Å². The largest absolute Gasteiger partial charge is 0.394 e. The first-order valence-corrected chi connectivity index (χ1v) is 34.7. The van der Waals surface area contributed by atoms with Crippen LogP contribution in [0.2, 0.25) is 0 Å². The fourth-order valence-corrected chi connectivity index (χ4v) is 11.3. The van der Waals surface area contributed by atoms with Crippen molar-refractivity contribution < 1.29 is 44.9 Å². The van der Waals surface area contributed by atoms with Gasteiger partial charge >= 0.3 is 0 Å². The lowest BCUT2D eigenvalue weighted by atomic mass is 9.99. The van der Waals surface area contributed by atoms with Gasteiger partial charge < -0.3 is 45.4 Å². The van der Waals surface area contributed by atoms with Gasteiger partial charge in [-0.05, 0) is 44.9 Å². The Morgan fingerprint density at radius 1 is 0.430 bits per heavy atom. The van der Waals surface area contributed by atoms with Gasteiger partial charge in [-0.2, -0.15) is 0 Å². The van der Waals surface area contributed by atoms with Gasteiger partial charge in [-0.1, -0.05) is 327 Å². The molecule has 1 saturated heterocycles. The Balaban J connectivity index is 2.08. The van der Waals surface area contributed by atoms with Crippen LogP contribution in [0.15, 0.2) is 24.3 Å². The van der Waals surface area contributed by atoms with Gasteiger partial charge in [-0.25, -0.2) is 0 Å². The van der Waals surface area contributed by atoms with Gasteiger partial charge in [0.15, 0.2) is 6.29 Å². The molecule has 0 saturated carbocycles. The SMILES string of the molecule is CCCCCCCCCCCCCCCC/C=C/C(O)C(COC1OC(CO)C(O)C(O)C1O)NC(=O)C(O)CCCCCCCCCCCCCCCCCC/C=C\CCCCCCCCCCCCCCCCCCCC. The first-order valence-electron chi connectivity index (χ1n) is 34.7. The fraction of sp³-hybridized carbons (Fsp3) is 0.928. The molecule has 0 radical (unpaired) electrons. The molecule has 1 rings (SSSR count). The number of unbranched alkanes of at least 4 members (excludes halogenated alkanes) is 48. The van der Waals surface area contributed by atoms with Crippen molar-refractivity contribution in [2.24, 2.45) is 0 Å². The van der Waals surface area contributed by atoms with E-state index in [0.29, 0.717) is 6.42 Å². The lowest BCUT2D eigenvalue weighted by Gasteiger charge is -2.40. The minimum absolute atomic E-state index is 0.302. The highest BCUT2D eigenvalue weighted by molar-refractivity contribution is 5.80. The zero-order chi connectivity index (χ0) is 57.3. The van der Waals surface area contributed by atoms with Gasteiger partial charge in [0, 0.05) is 0 Å². The predicted molar refractivity (Wildman–Crippen MR) is 333 cm³/mol. The molecular weight excluding hydrogens is 987 g/mol. The summed E-state index contributed by atoms with van der Waals surface area (Å²) in [4.78, 5) is 13.2. The summed E-state index contributed by atoms with van der Waals surface area (Å²) in [6.45, 7) is 3.66. The topological polar surface area (TPSA) is 169 Å². The number of rotatable bonds is 61. The predicted octanol–water partition coefficient (Wildman–Crippen LogP) is 17.4. The Morgan fingerprint density at radius 3 is 1.06 bits per heavy atom. The van der Waals surface area contributed by atoms with Crippen LogP contribution in [0.25, 0.3) is 0 Å². The first kappa shape index (κ1) is 75.6. The van der Waals surface area contributed by atoms with E-state index in [9.17, 15) is 35.4 Å². The fourth-order valence-electron chi connectivity index (χ4n) is 11.3. The Morgan fingerprint density at radius 2 is 0.734 bits per heavy atom. The summed E-state index contributed by atoms with van der Waals surface area (Å²) in [5.41, 5.74) is 0. The number of allylic oxidation sites excluding steroid dienone is 3. The molecule has 8 unspecified atom stereocenters. The monoisotopic (exact) mass is 1120 g/mol. The Hall–Kier alpha value is -1.37. The van der Waals surface area contributed by atoms with Crippen molar-refractivity contribution in [1.82, 2.24) is 5.32 Å². The second-order valence-electron chi connectivity index (χ2n) is 24.5. The van der Waals surface area contributed by atoms with E-state index in [1.54, 1.807) is 6.08 Å². The van der Waals surface area contributed by atoms with Crippen LogP contribution in [-0.4, -0.2) is 98.7 Å². The van der Waals surface area contributed by atoms with Crippen molar-refractivity contribution in [3.63, 3.8) is 0 Å². The minimum Gasteiger partial charge on any atom is -0.394 e. The highest BCUT2D eigenvalue weighted by Gasteiger charge is 2.44. The molecule has 79 heavy (non-hydrogen) atoms. The molecule has 1 fully saturated rings. The Labute approximate surface area is 488 Å². The van der Waals surface area contributed by atoms with Gasteiger partial charge in [-0.15, -0.1) is 0 Å². The summed E-state index contributed by atoms with van der Waals surface area (Å²) in [7, 11) is 0. The molecule has 1 heterocycles. The summed E-state index contributed by atoms with van der Waals surface area (Å²) in [5, 5.41) is 65.2. The van der Waals surface area contributed by atoms with Crippen LogP contribution in [0.5, 0.6) is 0 Å². The molecule has 0 spiro atoms. The van der Waals surface area contributed by atoms with E-state index in [-0.39, 0.29) is 6.61 Å². The number of amides is 1. The summed E-state index contributed by atoms with van der Waals surface area (Å²) in [5.74, 6) is -0.610. The van der Waals surface area contributed by atoms with E-state index in [1.807, 2.05) is 6.08 Å². The molecular formula is C69H133NO9. The molecule has 7 N–H and O–H groups in total. The van der Waals surface area contributed by atoms with E-state index in [0.717, 1.165) is 44.9 Å². The van der Waals surface area contributed by atoms with E-state index < -0.39 is 61.5 Å². The maximum atomic E-state index is 13.2. The number of hydrogen-bond acceptors (Lipinski definition) is 9. The molecule has 8 atom stereocenters. The van der Waals surface area contributed by atoms with Crippen molar-refractivity contribution in [3.05, 3.63) is 24.3 Å². The van der Waals surface area contributed by atoms with Gasteiger partial charge in [0.05, 0.1) is 25.4 Å². The summed E-state index contributed by atoms with van der Waals surface area (Å²) in [6.07, 6.45) is 66.2. The minimum atomic E-state index is -1.61. The molecule has 468 valence electrons. The van der Waals surface area contributed by atoms with Crippen LogP contribution in [0.4, 0.5) is 0 Å².